The monoisotopic (exact) mass is 411 g/mol. The Morgan fingerprint density at radius 2 is 1.60 bits per heavy atom. The van der Waals surface area contributed by atoms with Crippen LogP contribution in [0, 0.1) is 5.92 Å². The third-order valence-corrected chi connectivity index (χ3v) is 4.80. The van der Waals surface area contributed by atoms with Crippen LogP contribution in [0.15, 0.2) is 54.6 Å². The van der Waals surface area contributed by atoms with Gasteiger partial charge >= 0.3 is 11.9 Å². The molecule has 0 heterocycles. The SMILES string of the molecule is CCOC(=O)C(C)C[C@H](Cc1ccc(-c2ccccc2)cc1)NC(=O)CCC(=O)O. The smallest absolute Gasteiger partial charge is 0.308 e. The molecule has 2 atom stereocenters. The van der Waals surface area contributed by atoms with Crippen LogP contribution in [0.25, 0.3) is 11.1 Å². The maximum Gasteiger partial charge on any atom is 0.308 e. The molecule has 0 aliphatic heterocycles. The standard InChI is InChI=1S/C24H29NO5/c1-3-30-24(29)17(2)15-21(25-22(26)13-14-23(27)28)16-18-9-11-20(12-10-18)19-7-5-4-6-8-19/h4-12,17,21H,3,13-16H2,1-2H3,(H,25,26)(H,27,28)/t17?,21-/m1/s1. The largest absolute Gasteiger partial charge is 0.481 e. The van der Waals surface area contributed by atoms with Crippen LogP contribution in [0.2, 0.25) is 0 Å². The lowest BCUT2D eigenvalue weighted by atomic mass is 9.94. The molecular weight excluding hydrogens is 382 g/mol. The molecule has 0 saturated heterocycles. The van der Waals surface area contributed by atoms with Gasteiger partial charge in [-0.3, -0.25) is 14.4 Å². The van der Waals surface area contributed by atoms with E-state index < -0.39 is 5.97 Å². The lowest BCUT2D eigenvalue weighted by Gasteiger charge is -2.22. The molecule has 2 N–H and O–H groups in total. The van der Waals surface area contributed by atoms with Crippen molar-refractivity contribution in [1.29, 1.82) is 0 Å². The number of esters is 1. The second-order valence-corrected chi connectivity index (χ2v) is 7.31. The van der Waals surface area contributed by atoms with Crippen molar-refractivity contribution in [2.45, 2.75) is 45.6 Å². The number of nitrogens with one attached hydrogen (secondary N) is 1. The summed E-state index contributed by atoms with van der Waals surface area (Å²) in [5.41, 5.74) is 3.24. The molecule has 0 spiro atoms. The molecular formula is C24H29NO5. The predicted octanol–water partition coefficient (Wildman–Crippen LogP) is 3.84. The number of carboxylic acid groups (broad SMARTS) is 1. The van der Waals surface area contributed by atoms with Crippen molar-refractivity contribution in [3.63, 3.8) is 0 Å². The van der Waals surface area contributed by atoms with E-state index in [1.54, 1.807) is 13.8 Å². The number of benzene rings is 2. The van der Waals surface area contributed by atoms with Crippen molar-refractivity contribution >= 4 is 17.8 Å². The van der Waals surface area contributed by atoms with Gasteiger partial charge in [0, 0.05) is 12.5 Å². The van der Waals surface area contributed by atoms with Gasteiger partial charge in [0.15, 0.2) is 0 Å². The first-order valence-corrected chi connectivity index (χ1v) is 10.2. The zero-order valence-corrected chi connectivity index (χ0v) is 17.5. The van der Waals surface area contributed by atoms with Crippen LogP contribution < -0.4 is 5.32 Å². The van der Waals surface area contributed by atoms with Gasteiger partial charge in [0.1, 0.15) is 0 Å². The minimum Gasteiger partial charge on any atom is -0.481 e. The Labute approximate surface area is 177 Å². The van der Waals surface area contributed by atoms with Gasteiger partial charge in [-0.1, -0.05) is 61.5 Å². The van der Waals surface area contributed by atoms with E-state index in [4.69, 9.17) is 9.84 Å². The number of carbonyl (C=O) groups excluding carboxylic acids is 2. The van der Waals surface area contributed by atoms with E-state index in [-0.39, 0.29) is 36.7 Å². The Morgan fingerprint density at radius 3 is 2.20 bits per heavy atom. The summed E-state index contributed by atoms with van der Waals surface area (Å²) in [6, 6.07) is 17.8. The second kappa shape index (κ2) is 11.8. The van der Waals surface area contributed by atoms with Crippen LogP contribution in [0.1, 0.15) is 38.7 Å². The molecule has 2 aromatic carbocycles. The summed E-state index contributed by atoms with van der Waals surface area (Å²) in [7, 11) is 0. The number of hydrogen-bond acceptors (Lipinski definition) is 4. The Balaban J connectivity index is 2.07. The number of rotatable bonds is 11. The quantitative estimate of drug-likeness (QED) is 0.548. The summed E-state index contributed by atoms with van der Waals surface area (Å²) in [4.78, 5) is 34.9. The number of carboxylic acids is 1. The minimum atomic E-state index is -1.02. The highest BCUT2D eigenvalue weighted by molar-refractivity contribution is 5.81. The summed E-state index contributed by atoms with van der Waals surface area (Å²) in [6.45, 7) is 3.83. The van der Waals surface area contributed by atoms with Gasteiger partial charge in [0.05, 0.1) is 18.9 Å². The fraction of sp³-hybridized carbons (Fsp3) is 0.375. The Hall–Kier alpha value is -3.15. The van der Waals surface area contributed by atoms with E-state index in [1.807, 2.05) is 54.6 Å². The predicted molar refractivity (Wildman–Crippen MR) is 115 cm³/mol. The van der Waals surface area contributed by atoms with Crippen molar-refractivity contribution in [3.05, 3.63) is 60.2 Å². The maximum atomic E-state index is 12.2. The van der Waals surface area contributed by atoms with Crippen molar-refractivity contribution in [1.82, 2.24) is 5.32 Å². The zero-order chi connectivity index (χ0) is 21.9. The fourth-order valence-electron chi connectivity index (χ4n) is 3.27. The van der Waals surface area contributed by atoms with E-state index in [0.717, 1.165) is 16.7 Å². The third kappa shape index (κ3) is 7.70. The van der Waals surface area contributed by atoms with Gasteiger partial charge in [-0.15, -0.1) is 0 Å². The topological polar surface area (TPSA) is 92.7 Å². The number of carbonyl (C=O) groups is 3. The highest BCUT2D eigenvalue weighted by Gasteiger charge is 2.22. The molecule has 0 aromatic heterocycles. The normalized spacial score (nSPS) is 12.6. The first-order valence-electron chi connectivity index (χ1n) is 10.2. The van der Waals surface area contributed by atoms with E-state index in [9.17, 15) is 14.4 Å². The summed E-state index contributed by atoms with van der Waals surface area (Å²) in [5, 5.41) is 11.7. The van der Waals surface area contributed by atoms with E-state index in [1.165, 1.54) is 0 Å². The van der Waals surface area contributed by atoms with Gasteiger partial charge in [-0.2, -0.15) is 0 Å². The fourth-order valence-corrected chi connectivity index (χ4v) is 3.27. The highest BCUT2D eigenvalue weighted by Crippen LogP contribution is 2.21. The second-order valence-electron chi connectivity index (χ2n) is 7.31. The van der Waals surface area contributed by atoms with Crippen LogP contribution in [-0.4, -0.2) is 35.6 Å². The molecule has 0 aliphatic carbocycles. The van der Waals surface area contributed by atoms with Crippen molar-refractivity contribution in [2.75, 3.05) is 6.61 Å². The molecule has 1 amide bonds. The van der Waals surface area contributed by atoms with Crippen LogP contribution in [0.3, 0.4) is 0 Å². The van der Waals surface area contributed by atoms with Gasteiger partial charge in [-0.05, 0) is 36.5 Å². The lowest BCUT2D eigenvalue weighted by molar-refractivity contribution is -0.148. The van der Waals surface area contributed by atoms with Crippen molar-refractivity contribution in [2.24, 2.45) is 5.92 Å². The van der Waals surface area contributed by atoms with Gasteiger partial charge in [0.2, 0.25) is 5.91 Å². The Bertz CT molecular complexity index is 832. The third-order valence-electron chi connectivity index (χ3n) is 4.80. The molecule has 6 nitrogen and oxygen atoms in total. The first-order chi connectivity index (χ1) is 14.4. The van der Waals surface area contributed by atoms with E-state index in [2.05, 4.69) is 5.32 Å². The van der Waals surface area contributed by atoms with Crippen LogP contribution in [0.4, 0.5) is 0 Å². The minimum absolute atomic E-state index is 0.0907. The number of amides is 1. The highest BCUT2D eigenvalue weighted by atomic mass is 16.5. The van der Waals surface area contributed by atoms with Gasteiger partial charge in [0.25, 0.3) is 0 Å². The molecule has 2 rings (SSSR count). The molecule has 0 radical (unpaired) electrons. The molecule has 0 bridgehead atoms. The summed E-state index contributed by atoms with van der Waals surface area (Å²) >= 11 is 0. The van der Waals surface area contributed by atoms with Crippen LogP contribution in [0.5, 0.6) is 0 Å². The average molecular weight is 411 g/mol. The summed E-state index contributed by atoms with van der Waals surface area (Å²) < 4.78 is 5.07. The average Bonchev–Trinajstić information content (AvgIpc) is 2.73. The van der Waals surface area contributed by atoms with Crippen molar-refractivity contribution in [3.8, 4) is 11.1 Å². The lowest BCUT2D eigenvalue weighted by Crippen LogP contribution is -2.39. The van der Waals surface area contributed by atoms with Crippen molar-refractivity contribution < 1.29 is 24.2 Å². The first kappa shape index (κ1) is 23.1. The van der Waals surface area contributed by atoms with Gasteiger partial charge in [-0.25, -0.2) is 0 Å². The molecule has 1 unspecified atom stereocenters. The molecule has 0 fully saturated rings. The van der Waals surface area contributed by atoms with Gasteiger partial charge < -0.3 is 15.2 Å². The van der Waals surface area contributed by atoms with E-state index in [0.29, 0.717) is 19.4 Å². The number of aliphatic carboxylic acids is 1. The number of ether oxygens (including phenoxy) is 1. The molecule has 2 aromatic rings. The molecule has 0 aliphatic rings. The van der Waals surface area contributed by atoms with E-state index >= 15 is 0 Å². The summed E-state index contributed by atoms with van der Waals surface area (Å²) in [6.07, 6.45) is 0.639. The molecule has 30 heavy (non-hydrogen) atoms. The summed E-state index contributed by atoms with van der Waals surface area (Å²) in [5.74, 6) is -2.03. The van der Waals surface area contributed by atoms with Crippen LogP contribution >= 0.6 is 0 Å². The Kier molecular flexibility index (Phi) is 9.06. The molecule has 0 saturated carbocycles. The molecule has 6 heteroatoms. The Morgan fingerprint density at radius 1 is 0.967 bits per heavy atom. The maximum absolute atomic E-state index is 12.2. The van der Waals surface area contributed by atoms with Crippen LogP contribution in [-0.2, 0) is 25.5 Å². The molecule has 160 valence electrons. The number of hydrogen-bond donors (Lipinski definition) is 2. The zero-order valence-electron chi connectivity index (χ0n) is 17.5.